The summed E-state index contributed by atoms with van der Waals surface area (Å²) in [5, 5.41) is 11.2. The van der Waals surface area contributed by atoms with Crippen molar-refractivity contribution >= 4 is 5.96 Å². The Kier molecular flexibility index (Phi) is 7.93. The van der Waals surface area contributed by atoms with Crippen molar-refractivity contribution in [3.63, 3.8) is 0 Å². The first-order chi connectivity index (χ1) is 14.2. The third-order valence-electron chi connectivity index (χ3n) is 5.46. The van der Waals surface area contributed by atoms with Crippen LogP contribution >= 0.6 is 0 Å². The van der Waals surface area contributed by atoms with E-state index in [1.54, 1.807) is 7.11 Å². The van der Waals surface area contributed by atoms with Crippen molar-refractivity contribution in [3.8, 4) is 5.75 Å². The first-order valence-corrected chi connectivity index (χ1v) is 10.5. The zero-order chi connectivity index (χ0) is 20.5. The van der Waals surface area contributed by atoms with Crippen LogP contribution in [-0.2, 0) is 13.5 Å². The molecule has 0 saturated carbocycles. The number of aliphatic imine (C=N–C) groups is 1. The van der Waals surface area contributed by atoms with E-state index in [0.717, 1.165) is 50.7 Å². The molecule has 1 aliphatic heterocycles. The van der Waals surface area contributed by atoms with Gasteiger partial charge in [-0.25, -0.2) is 0 Å². The number of nitrogens with one attached hydrogen (secondary N) is 2. The van der Waals surface area contributed by atoms with E-state index in [9.17, 15) is 0 Å². The number of aromatic nitrogens is 2. The molecule has 2 N–H and O–H groups in total. The predicted molar refractivity (Wildman–Crippen MR) is 117 cm³/mol. The van der Waals surface area contributed by atoms with Gasteiger partial charge in [0.05, 0.1) is 19.3 Å². The maximum atomic E-state index is 5.31. The summed E-state index contributed by atoms with van der Waals surface area (Å²) in [6.45, 7) is 4.01. The van der Waals surface area contributed by atoms with Gasteiger partial charge in [-0.05, 0) is 62.0 Å². The molecular weight excluding hydrogens is 364 g/mol. The predicted octanol–water partition coefficient (Wildman–Crippen LogP) is 2.36. The average molecular weight is 399 g/mol. The van der Waals surface area contributed by atoms with E-state index >= 15 is 0 Å². The Morgan fingerprint density at radius 1 is 1.21 bits per heavy atom. The van der Waals surface area contributed by atoms with Crippen molar-refractivity contribution in [1.29, 1.82) is 0 Å². The standard InChI is InChI=1S/C22H34N6O/c1-23-22(24-12-6-7-18-15-26-27(2)17-18)25-16-21(28-13-4-5-14-28)19-8-10-20(29-3)11-9-19/h8-11,15,17,21H,4-7,12-14,16H2,1-3H3,(H2,23,24,25). The second kappa shape index (κ2) is 10.9. The molecule has 0 spiro atoms. The highest BCUT2D eigenvalue weighted by Gasteiger charge is 2.23. The van der Waals surface area contributed by atoms with E-state index in [4.69, 9.17) is 4.74 Å². The number of hydrogen-bond acceptors (Lipinski definition) is 4. The summed E-state index contributed by atoms with van der Waals surface area (Å²) in [6, 6.07) is 8.77. The SMILES string of the molecule is CN=C(NCCCc1cnn(C)c1)NCC(c1ccc(OC)cc1)N1CCCC1. The minimum absolute atomic E-state index is 0.331. The van der Waals surface area contributed by atoms with Gasteiger partial charge in [0.1, 0.15) is 5.75 Å². The maximum absolute atomic E-state index is 5.31. The molecule has 29 heavy (non-hydrogen) atoms. The molecule has 158 valence electrons. The van der Waals surface area contributed by atoms with Crippen LogP contribution in [0.5, 0.6) is 5.75 Å². The molecule has 7 heteroatoms. The Labute approximate surface area is 174 Å². The fourth-order valence-electron chi connectivity index (χ4n) is 3.85. The Bertz CT molecular complexity index is 764. The lowest BCUT2D eigenvalue weighted by Gasteiger charge is -2.29. The second-order valence-electron chi connectivity index (χ2n) is 7.54. The Balaban J connectivity index is 1.51. The Morgan fingerprint density at radius 2 is 1.97 bits per heavy atom. The van der Waals surface area contributed by atoms with Crippen LogP contribution in [-0.4, -0.2) is 61.0 Å². The number of methoxy groups -OCH3 is 1. The summed E-state index contributed by atoms with van der Waals surface area (Å²) in [5.74, 6) is 1.75. The molecule has 0 radical (unpaired) electrons. The van der Waals surface area contributed by atoms with Crippen molar-refractivity contribution < 1.29 is 4.74 Å². The molecule has 1 fully saturated rings. The number of hydrogen-bond donors (Lipinski definition) is 2. The minimum Gasteiger partial charge on any atom is -0.497 e. The van der Waals surface area contributed by atoms with Crippen molar-refractivity contribution in [2.75, 3.05) is 40.3 Å². The van der Waals surface area contributed by atoms with Gasteiger partial charge >= 0.3 is 0 Å². The third-order valence-corrected chi connectivity index (χ3v) is 5.46. The van der Waals surface area contributed by atoms with Gasteiger partial charge in [-0.1, -0.05) is 12.1 Å². The fourth-order valence-corrected chi connectivity index (χ4v) is 3.85. The maximum Gasteiger partial charge on any atom is 0.191 e. The van der Waals surface area contributed by atoms with E-state index in [2.05, 4.69) is 44.0 Å². The monoisotopic (exact) mass is 398 g/mol. The molecule has 7 nitrogen and oxygen atoms in total. The Morgan fingerprint density at radius 3 is 2.59 bits per heavy atom. The number of rotatable bonds is 9. The highest BCUT2D eigenvalue weighted by Crippen LogP contribution is 2.26. The lowest BCUT2D eigenvalue weighted by Crippen LogP contribution is -2.43. The van der Waals surface area contributed by atoms with Crippen molar-refractivity contribution in [2.24, 2.45) is 12.0 Å². The van der Waals surface area contributed by atoms with Crippen LogP contribution in [0.25, 0.3) is 0 Å². The molecule has 1 aromatic carbocycles. The largest absolute Gasteiger partial charge is 0.497 e. The van der Waals surface area contributed by atoms with Gasteiger partial charge in [-0.15, -0.1) is 0 Å². The van der Waals surface area contributed by atoms with Crippen LogP contribution in [0.1, 0.15) is 36.4 Å². The van der Waals surface area contributed by atoms with E-state index in [1.165, 1.54) is 24.0 Å². The van der Waals surface area contributed by atoms with Crippen molar-refractivity contribution in [3.05, 3.63) is 47.8 Å². The molecule has 0 aliphatic carbocycles. The van der Waals surface area contributed by atoms with E-state index < -0.39 is 0 Å². The summed E-state index contributed by atoms with van der Waals surface area (Å²) < 4.78 is 7.16. The van der Waals surface area contributed by atoms with Gasteiger partial charge in [-0.2, -0.15) is 5.10 Å². The molecule has 1 unspecified atom stereocenters. The van der Waals surface area contributed by atoms with Gasteiger partial charge in [0.25, 0.3) is 0 Å². The Hall–Kier alpha value is -2.54. The first-order valence-electron chi connectivity index (χ1n) is 10.5. The summed E-state index contributed by atoms with van der Waals surface area (Å²) in [7, 11) is 5.49. The molecule has 1 aliphatic rings. The quantitative estimate of drug-likeness (QED) is 0.386. The molecule has 3 rings (SSSR count). The van der Waals surface area contributed by atoms with E-state index in [-0.39, 0.29) is 0 Å². The van der Waals surface area contributed by atoms with Crippen molar-refractivity contribution in [2.45, 2.75) is 31.7 Å². The average Bonchev–Trinajstić information content (AvgIpc) is 3.42. The number of benzene rings is 1. The molecule has 0 bridgehead atoms. The highest BCUT2D eigenvalue weighted by molar-refractivity contribution is 5.79. The zero-order valence-corrected chi connectivity index (χ0v) is 17.9. The molecule has 2 aromatic rings. The number of likely N-dealkylation sites (tertiary alicyclic amines) is 1. The lowest BCUT2D eigenvalue weighted by atomic mass is 10.1. The van der Waals surface area contributed by atoms with E-state index in [1.807, 2.05) is 37.1 Å². The highest BCUT2D eigenvalue weighted by atomic mass is 16.5. The molecule has 1 atom stereocenters. The van der Waals surface area contributed by atoms with Gasteiger partial charge in [0.15, 0.2) is 5.96 Å². The third kappa shape index (κ3) is 6.22. The zero-order valence-electron chi connectivity index (χ0n) is 17.9. The first kappa shape index (κ1) is 21.2. The summed E-state index contributed by atoms with van der Waals surface area (Å²) in [4.78, 5) is 6.96. The second-order valence-corrected chi connectivity index (χ2v) is 7.54. The van der Waals surface area contributed by atoms with Gasteiger partial charge in [0, 0.05) is 33.4 Å². The molecule has 1 aromatic heterocycles. The number of nitrogens with zero attached hydrogens (tertiary/aromatic N) is 4. The number of ether oxygens (including phenoxy) is 1. The minimum atomic E-state index is 0.331. The smallest absolute Gasteiger partial charge is 0.191 e. The molecule has 2 heterocycles. The number of aryl methyl sites for hydroxylation is 2. The van der Waals surface area contributed by atoms with Crippen molar-refractivity contribution in [1.82, 2.24) is 25.3 Å². The van der Waals surface area contributed by atoms with Crippen LogP contribution in [0.3, 0.4) is 0 Å². The lowest BCUT2D eigenvalue weighted by molar-refractivity contribution is 0.245. The fraction of sp³-hybridized carbons (Fsp3) is 0.545. The van der Waals surface area contributed by atoms with Crippen LogP contribution in [0.4, 0.5) is 0 Å². The number of guanidine groups is 1. The summed E-state index contributed by atoms with van der Waals surface area (Å²) in [5.41, 5.74) is 2.58. The molecular formula is C22H34N6O. The van der Waals surface area contributed by atoms with Crippen LogP contribution in [0.2, 0.25) is 0 Å². The van der Waals surface area contributed by atoms with E-state index in [0.29, 0.717) is 6.04 Å². The summed E-state index contributed by atoms with van der Waals surface area (Å²) >= 11 is 0. The van der Waals surface area contributed by atoms with Crippen LogP contribution in [0, 0.1) is 0 Å². The van der Waals surface area contributed by atoms with Gasteiger partial charge < -0.3 is 15.4 Å². The topological polar surface area (TPSA) is 66.7 Å². The molecule has 1 saturated heterocycles. The summed E-state index contributed by atoms with van der Waals surface area (Å²) in [6.07, 6.45) is 8.60. The molecule has 0 amide bonds. The normalized spacial score (nSPS) is 16.0. The van der Waals surface area contributed by atoms with Crippen LogP contribution in [0.15, 0.2) is 41.7 Å². The van der Waals surface area contributed by atoms with Crippen LogP contribution < -0.4 is 15.4 Å². The van der Waals surface area contributed by atoms with Gasteiger partial charge in [0.2, 0.25) is 0 Å². The van der Waals surface area contributed by atoms with Gasteiger partial charge in [-0.3, -0.25) is 14.6 Å².